The van der Waals surface area contributed by atoms with Crippen molar-refractivity contribution in [3.63, 3.8) is 0 Å². The van der Waals surface area contributed by atoms with Crippen LogP contribution in [-0.2, 0) is 6.54 Å². The van der Waals surface area contributed by atoms with Gasteiger partial charge in [-0.2, -0.15) is 0 Å². The molecule has 2 atom stereocenters. The van der Waals surface area contributed by atoms with Crippen molar-refractivity contribution in [2.24, 2.45) is 0 Å². The fraction of sp³-hybridized carbons (Fsp3) is 0.455. The molecule has 1 heterocycles. The van der Waals surface area contributed by atoms with E-state index in [0.29, 0.717) is 19.6 Å². The fourth-order valence-electron chi connectivity index (χ4n) is 1.87. The summed E-state index contributed by atoms with van der Waals surface area (Å²) in [6.07, 6.45) is -1.36. The maximum absolute atomic E-state index is 12.9. The van der Waals surface area contributed by atoms with Crippen molar-refractivity contribution in [2.75, 3.05) is 13.1 Å². The van der Waals surface area contributed by atoms with Gasteiger partial charge in [-0.05, 0) is 17.7 Å². The minimum absolute atomic E-state index is 0.257. The standard InChI is InChI=1S/C11H14FNO2/c12-9-3-1-2-8(4-9)5-13-6-10(14)11(15)7-13/h1-4,10-11,14-15H,5-7H2/t10-,11+. The highest BCUT2D eigenvalue weighted by atomic mass is 19.1. The molecule has 0 saturated carbocycles. The van der Waals surface area contributed by atoms with Crippen molar-refractivity contribution < 1.29 is 14.6 Å². The molecule has 1 fully saturated rings. The summed E-state index contributed by atoms with van der Waals surface area (Å²) in [6.45, 7) is 1.45. The van der Waals surface area contributed by atoms with E-state index in [4.69, 9.17) is 0 Å². The maximum Gasteiger partial charge on any atom is 0.123 e. The van der Waals surface area contributed by atoms with Crippen molar-refractivity contribution in [1.29, 1.82) is 0 Å². The molecular weight excluding hydrogens is 197 g/mol. The highest BCUT2D eigenvalue weighted by Gasteiger charge is 2.29. The van der Waals surface area contributed by atoms with Crippen LogP contribution in [0.25, 0.3) is 0 Å². The highest BCUT2D eigenvalue weighted by molar-refractivity contribution is 5.16. The van der Waals surface area contributed by atoms with Gasteiger partial charge in [0.25, 0.3) is 0 Å². The number of likely N-dealkylation sites (tertiary alicyclic amines) is 1. The molecule has 1 aliphatic heterocycles. The Labute approximate surface area is 87.8 Å². The Balaban J connectivity index is 1.98. The molecule has 15 heavy (non-hydrogen) atoms. The summed E-state index contributed by atoms with van der Waals surface area (Å²) in [5.41, 5.74) is 0.858. The second-order valence-corrected chi connectivity index (χ2v) is 3.96. The Kier molecular flexibility index (Phi) is 3.00. The van der Waals surface area contributed by atoms with E-state index in [1.165, 1.54) is 12.1 Å². The van der Waals surface area contributed by atoms with Crippen LogP contribution in [0.3, 0.4) is 0 Å². The molecule has 0 aliphatic carbocycles. The van der Waals surface area contributed by atoms with Crippen molar-refractivity contribution in [1.82, 2.24) is 4.90 Å². The van der Waals surface area contributed by atoms with Gasteiger partial charge in [-0.1, -0.05) is 12.1 Å². The summed E-state index contributed by atoms with van der Waals surface area (Å²) in [6, 6.07) is 6.36. The molecule has 3 nitrogen and oxygen atoms in total. The predicted octanol–water partition coefficient (Wildman–Crippen LogP) is 0.363. The van der Waals surface area contributed by atoms with Crippen molar-refractivity contribution in [3.8, 4) is 0 Å². The second-order valence-electron chi connectivity index (χ2n) is 3.96. The molecule has 1 aromatic rings. The Morgan fingerprint density at radius 2 is 1.93 bits per heavy atom. The third-order valence-corrected chi connectivity index (χ3v) is 2.63. The van der Waals surface area contributed by atoms with Gasteiger partial charge in [-0.15, -0.1) is 0 Å². The van der Waals surface area contributed by atoms with Gasteiger partial charge in [0.15, 0.2) is 0 Å². The van der Waals surface area contributed by atoms with Gasteiger partial charge in [-0.25, -0.2) is 4.39 Å². The van der Waals surface area contributed by atoms with Gasteiger partial charge < -0.3 is 10.2 Å². The first-order valence-corrected chi connectivity index (χ1v) is 4.98. The second kappa shape index (κ2) is 4.26. The van der Waals surface area contributed by atoms with Crippen molar-refractivity contribution >= 4 is 0 Å². The Hall–Kier alpha value is -0.970. The molecule has 0 spiro atoms. The number of nitrogens with zero attached hydrogens (tertiary/aromatic N) is 1. The molecule has 82 valence electrons. The lowest BCUT2D eigenvalue weighted by Crippen LogP contribution is -2.22. The first kappa shape index (κ1) is 10.5. The number of benzene rings is 1. The summed E-state index contributed by atoms with van der Waals surface area (Å²) >= 11 is 0. The summed E-state index contributed by atoms with van der Waals surface area (Å²) in [7, 11) is 0. The molecule has 2 rings (SSSR count). The first-order valence-electron chi connectivity index (χ1n) is 4.98. The first-order chi connectivity index (χ1) is 7.15. The SMILES string of the molecule is O[C@@H]1CN(Cc2cccc(F)c2)C[C@@H]1O. The lowest BCUT2D eigenvalue weighted by atomic mass is 10.2. The Morgan fingerprint density at radius 3 is 2.53 bits per heavy atom. The van der Waals surface area contributed by atoms with E-state index < -0.39 is 12.2 Å². The number of aliphatic hydroxyl groups is 2. The van der Waals surface area contributed by atoms with Crippen LogP contribution in [0.1, 0.15) is 5.56 Å². The molecule has 1 aliphatic rings. The number of hydrogen-bond donors (Lipinski definition) is 2. The number of rotatable bonds is 2. The number of aliphatic hydroxyl groups excluding tert-OH is 2. The largest absolute Gasteiger partial charge is 0.389 e. The number of halogens is 1. The monoisotopic (exact) mass is 211 g/mol. The molecular formula is C11H14FNO2. The van der Waals surface area contributed by atoms with E-state index in [1.807, 2.05) is 11.0 Å². The number of hydrogen-bond acceptors (Lipinski definition) is 3. The normalized spacial score (nSPS) is 27.1. The Morgan fingerprint density at radius 1 is 1.27 bits per heavy atom. The van der Waals surface area contributed by atoms with Crippen molar-refractivity contribution in [3.05, 3.63) is 35.6 Å². The maximum atomic E-state index is 12.9. The van der Waals surface area contributed by atoms with Gasteiger partial charge in [0, 0.05) is 19.6 Å². The summed E-state index contributed by atoms with van der Waals surface area (Å²) in [5.74, 6) is -0.257. The third-order valence-electron chi connectivity index (χ3n) is 2.63. The predicted molar refractivity (Wildman–Crippen MR) is 53.7 cm³/mol. The minimum Gasteiger partial charge on any atom is -0.389 e. The average molecular weight is 211 g/mol. The molecule has 0 bridgehead atoms. The van der Waals surface area contributed by atoms with Crippen LogP contribution in [0.2, 0.25) is 0 Å². The van der Waals surface area contributed by atoms with Gasteiger partial charge in [0.2, 0.25) is 0 Å². The summed E-state index contributed by atoms with van der Waals surface area (Å²) in [5, 5.41) is 18.7. The number of β-amino-alcohol motifs (C(OH)–C–C–N with tert-alkyl or cyclic N) is 2. The lowest BCUT2D eigenvalue weighted by Gasteiger charge is -2.14. The van der Waals surface area contributed by atoms with E-state index in [1.54, 1.807) is 6.07 Å². The zero-order chi connectivity index (χ0) is 10.8. The van der Waals surface area contributed by atoms with Crippen LogP contribution in [0, 0.1) is 5.82 Å². The molecule has 0 aromatic heterocycles. The molecule has 0 unspecified atom stereocenters. The average Bonchev–Trinajstić information content (AvgIpc) is 2.45. The van der Waals surface area contributed by atoms with Crippen molar-refractivity contribution in [2.45, 2.75) is 18.8 Å². The van der Waals surface area contributed by atoms with Crippen LogP contribution in [0.5, 0.6) is 0 Å². The van der Waals surface area contributed by atoms with E-state index in [9.17, 15) is 14.6 Å². The third kappa shape index (κ3) is 2.53. The van der Waals surface area contributed by atoms with Gasteiger partial charge in [0.05, 0.1) is 12.2 Å². The van der Waals surface area contributed by atoms with Gasteiger partial charge >= 0.3 is 0 Å². The zero-order valence-electron chi connectivity index (χ0n) is 8.31. The molecule has 0 amide bonds. The minimum atomic E-state index is -0.682. The van der Waals surface area contributed by atoms with E-state index >= 15 is 0 Å². The summed E-state index contributed by atoms with van der Waals surface area (Å²) in [4.78, 5) is 1.91. The smallest absolute Gasteiger partial charge is 0.123 e. The van der Waals surface area contributed by atoms with Crippen LogP contribution in [-0.4, -0.2) is 40.4 Å². The van der Waals surface area contributed by atoms with E-state index in [0.717, 1.165) is 5.56 Å². The Bertz CT molecular complexity index is 335. The van der Waals surface area contributed by atoms with Gasteiger partial charge in [0.1, 0.15) is 5.82 Å². The molecule has 1 saturated heterocycles. The van der Waals surface area contributed by atoms with E-state index in [2.05, 4.69) is 0 Å². The molecule has 0 radical (unpaired) electrons. The summed E-state index contributed by atoms with van der Waals surface area (Å²) < 4.78 is 12.9. The molecule has 1 aromatic carbocycles. The quantitative estimate of drug-likeness (QED) is 0.742. The van der Waals surface area contributed by atoms with Gasteiger partial charge in [-0.3, -0.25) is 4.90 Å². The molecule has 4 heteroatoms. The fourth-order valence-corrected chi connectivity index (χ4v) is 1.87. The zero-order valence-corrected chi connectivity index (χ0v) is 8.31. The molecule has 2 N–H and O–H groups in total. The van der Waals surface area contributed by atoms with Crippen LogP contribution in [0.4, 0.5) is 4.39 Å². The van der Waals surface area contributed by atoms with Crippen LogP contribution < -0.4 is 0 Å². The van der Waals surface area contributed by atoms with E-state index in [-0.39, 0.29) is 5.82 Å². The lowest BCUT2D eigenvalue weighted by molar-refractivity contribution is 0.0572. The van der Waals surface area contributed by atoms with Crippen LogP contribution >= 0.6 is 0 Å². The topological polar surface area (TPSA) is 43.7 Å². The highest BCUT2D eigenvalue weighted by Crippen LogP contribution is 2.14. The van der Waals surface area contributed by atoms with Crippen LogP contribution in [0.15, 0.2) is 24.3 Å².